The van der Waals surface area contributed by atoms with E-state index in [1.807, 2.05) is 108 Å². The van der Waals surface area contributed by atoms with Gasteiger partial charge >= 0.3 is 0 Å². The van der Waals surface area contributed by atoms with Crippen molar-refractivity contribution < 1.29 is 10.00 Å². The van der Waals surface area contributed by atoms with Crippen LogP contribution in [-0.2, 0) is 6.54 Å². The zero-order valence-corrected chi connectivity index (χ0v) is 20.5. The molecule has 1 aliphatic carbocycles. The van der Waals surface area contributed by atoms with Crippen molar-refractivity contribution in [3.8, 4) is 0 Å². The first kappa shape index (κ1) is 23.2. The number of benzene rings is 3. The predicted octanol–water partition coefficient (Wildman–Crippen LogP) is 5.14. The number of hydrogen-bond acceptors (Lipinski definition) is 4. The highest BCUT2D eigenvalue weighted by molar-refractivity contribution is 7.66. The summed E-state index contributed by atoms with van der Waals surface area (Å²) in [6, 6.07) is 29.9. The van der Waals surface area contributed by atoms with E-state index in [9.17, 15) is 5.11 Å². The molecule has 5 rings (SSSR count). The van der Waals surface area contributed by atoms with E-state index >= 15 is 4.89 Å². The van der Waals surface area contributed by atoms with Crippen LogP contribution >= 0.6 is 7.79 Å². The Morgan fingerprint density at radius 2 is 1.53 bits per heavy atom. The first-order chi connectivity index (χ1) is 16.5. The Morgan fingerprint density at radius 3 is 2.18 bits per heavy atom. The van der Waals surface area contributed by atoms with E-state index in [4.69, 9.17) is 0 Å². The fourth-order valence-corrected chi connectivity index (χ4v) is 9.82. The molecule has 0 aromatic heterocycles. The Bertz CT molecular complexity index is 1170. The molecule has 1 aliphatic heterocycles. The van der Waals surface area contributed by atoms with Gasteiger partial charge in [-0.1, -0.05) is 109 Å². The molecule has 174 valence electrons. The first-order valence-corrected chi connectivity index (χ1v) is 13.3. The highest BCUT2D eigenvalue weighted by Gasteiger charge is 2.72. The summed E-state index contributed by atoms with van der Waals surface area (Å²) in [6.07, 6.45) is 7.19. The fourth-order valence-electron chi connectivity index (χ4n) is 5.87. The second-order valence-electron chi connectivity index (χ2n) is 9.24. The second kappa shape index (κ2) is 9.22. The molecule has 5 atom stereocenters. The van der Waals surface area contributed by atoms with Gasteiger partial charge in [-0.15, -0.1) is 0 Å². The molecule has 2 aliphatic rings. The number of fused-ring (bicyclic) bond motifs is 1. The van der Waals surface area contributed by atoms with E-state index in [1.54, 1.807) is 0 Å². The third kappa shape index (κ3) is 3.50. The molecule has 0 spiro atoms. The summed E-state index contributed by atoms with van der Waals surface area (Å²) in [6.45, 7) is 0.525. The Kier molecular flexibility index (Phi) is 6.28. The van der Waals surface area contributed by atoms with Crippen molar-refractivity contribution in [1.82, 2.24) is 9.34 Å². The molecule has 0 saturated carbocycles. The summed E-state index contributed by atoms with van der Waals surface area (Å²) in [5.41, 5.74) is 2.97. The van der Waals surface area contributed by atoms with Crippen LogP contribution in [0, 0.1) is 5.92 Å². The summed E-state index contributed by atoms with van der Waals surface area (Å²) in [4.78, 5) is 15.5. The third-order valence-electron chi connectivity index (χ3n) is 7.41. The van der Waals surface area contributed by atoms with Crippen LogP contribution < -0.4 is 4.89 Å². The second-order valence-corrected chi connectivity index (χ2v) is 12.4. The van der Waals surface area contributed by atoms with Gasteiger partial charge in [0.05, 0.1) is 12.6 Å². The summed E-state index contributed by atoms with van der Waals surface area (Å²) in [5.74, 6) is -0.163. The number of hydrogen-bond donors (Lipinski definition) is 1. The minimum atomic E-state index is -3.34. The van der Waals surface area contributed by atoms with E-state index < -0.39 is 19.1 Å². The van der Waals surface area contributed by atoms with Gasteiger partial charge in [0.2, 0.25) is 0 Å². The van der Waals surface area contributed by atoms with Gasteiger partial charge in [-0.2, -0.15) is 9.34 Å². The van der Waals surface area contributed by atoms with E-state index in [0.29, 0.717) is 6.54 Å². The molecule has 1 heterocycles. The zero-order valence-electron chi connectivity index (χ0n) is 19.6. The average Bonchev–Trinajstić information content (AvgIpc) is 3.10. The maximum Gasteiger partial charge on any atom is 0.163 e. The lowest BCUT2D eigenvalue weighted by Gasteiger charge is -2.51. The molecule has 34 heavy (non-hydrogen) atoms. The van der Waals surface area contributed by atoms with Crippen molar-refractivity contribution in [2.45, 2.75) is 23.8 Å². The molecule has 0 radical (unpaired) electrons. The van der Waals surface area contributed by atoms with Crippen LogP contribution in [0.25, 0.3) is 0 Å². The van der Waals surface area contributed by atoms with Crippen molar-refractivity contribution in [1.29, 1.82) is 0 Å². The molecular formula is C29H31N2O2P. The maximum atomic E-state index is 15.5. The standard InChI is InChI=1S/C29H31N2O2P/c1-30(22-23-14-6-3-7-15-23)34(33)29(28(32)25-18-10-5-11-19-25)21-13-12-20-26(29)27(31(34)2)24-16-8-4-9-17-24/h3-21,26-28,32H,22H2,1-2H3/t26-,27+,28?,29-,34?/m1/s1. The molecule has 3 aromatic carbocycles. The van der Waals surface area contributed by atoms with Crippen molar-refractivity contribution in [2.24, 2.45) is 5.92 Å². The maximum absolute atomic E-state index is 15.5. The zero-order chi connectivity index (χ0) is 23.8. The van der Waals surface area contributed by atoms with E-state index in [1.165, 1.54) is 0 Å². The molecule has 1 N–H and O–H groups in total. The molecule has 1 fully saturated rings. The fraction of sp³-hybridized carbons (Fsp3) is 0.241. The van der Waals surface area contributed by atoms with Gasteiger partial charge in [0, 0.05) is 20.0 Å². The lowest BCUT2D eigenvalue weighted by molar-refractivity contribution is -0.198. The van der Waals surface area contributed by atoms with E-state index in [0.717, 1.165) is 16.7 Å². The van der Waals surface area contributed by atoms with Crippen LogP contribution in [0.3, 0.4) is 0 Å². The Hall–Kier alpha value is -2.59. The summed E-state index contributed by atoms with van der Waals surface area (Å²) < 4.78 is 4.02. The molecule has 3 aromatic rings. The van der Waals surface area contributed by atoms with Crippen molar-refractivity contribution in [2.75, 3.05) is 14.1 Å². The van der Waals surface area contributed by atoms with Gasteiger partial charge in [0.1, 0.15) is 13.9 Å². The number of aliphatic hydroxyl groups excluding tert-OH is 1. The third-order valence-corrected chi connectivity index (χ3v) is 11.3. The SMILES string of the molecule is CN(Cc1ccccc1)[P+]1([O-])N(C)[C@@H](c2ccccc2)[C@H]2C=CC=C[C@]21C(O)c1ccccc1. The largest absolute Gasteiger partial charge is 0.650 e. The molecule has 5 heteroatoms. The van der Waals surface area contributed by atoms with Gasteiger partial charge in [-0.25, -0.2) is 0 Å². The number of rotatable bonds is 6. The lowest BCUT2D eigenvalue weighted by Crippen LogP contribution is -2.50. The number of aliphatic hydroxyl groups is 1. The van der Waals surface area contributed by atoms with E-state index in [2.05, 4.69) is 30.3 Å². The lowest BCUT2D eigenvalue weighted by atomic mass is 9.75. The minimum Gasteiger partial charge on any atom is -0.650 e. The van der Waals surface area contributed by atoms with E-state index in [-0.39, 0.29) is 12.0 Å². The van der Waals surface area contributed by atoms with Crippen LogP contribution in [0.4, 0.5) is 0 Å². The van der Waals surface area contributed by atoms with Gasteiger partial charge in [0.25, 0.3) is 0 Å². The Balaban J connectivity index is 1.69. The quantitative estimate of drug-likeness (QED) is 0.507. The molecule has 4 nitrogen and oxygen atoms in total. The van der Waals surface area contributed by atoms with Gasteiger partial charge in [-0.05, 0) is 22.8 Å². The smallest absolute Gasteiger partial charge is 0.163 e. The minimum absolute atomic E-state index is 0.134. The van der Waals surface area contributed by atoms with Crippen LogP contribution in [0.5, 0.6) is 0 Å². The summed E-state index contributed by atoms with van der Waals surface area (Å²) >= 11 is 0. The van der Waals surface area contributed by atoms with Gasteiger partial charge in [-0.3, -0.25) is 0 Å². The Morgan fingerprint density at radius 1 is 0.941 bits per heavy atom. The molecular weight excluding hydrogens is 439 g/mol. The first-order valence-electron chi connectivity index (χ1n) is 11.7. The van der Waals surface area contributed by atoms with Gasteiger partial charge < -0.3 is 10.00 Å². The highest BCUT2D eigenvalue weighted by atomic mass is 31.2. The predicted molar refractivity (Wildman–Crippen MR) is 138 cm³/mol. The average molecular weight is 471 g/mol. The number of nitrogens with zero attached hydrogens (tertiary/aromatic N) is 2. The summed E-state index contributed by atoms with van der Waals surface area (Å²) in [5, 5.41) is 11.0. The van der Waals surface area contributed by atoms with Crippen LogP contribution in [-0.4, -0.2) is 33.7 Å². The Labute approximate surface area is 203 Å². The number of allylic oxidation sites excluding steroid dienone is 2. The molecule has 0 bridgehead atoms. The van der Waals surface area contributed by atoms with Crippen molar-refractivity contribution in [3.63, 3.8) is 0 Å². The molecule has 0 amide bonds. The van der Waals surface area contributed by atoms with Gasteiger partial charge in [0.15, 0.2) is 5.16 Å². The van der Waals surface area contributed by atoms with Crippen LogP contribution in [0.2, 0.25) is 0 Å². The molecule has 2 unspecified atom stereocenters. The topological polar surface area (TPSA) is 49.8 Å². The van der Waals surface area contributed by atoms with Crippen molar-refractivity contribution in [3.05, 3.63) is 132 Å². The monoisotopic (exact) mass is 470 g/mol. The normalized spacial score (nSPS) is 29.3. The van der Waals surface area contributed by atoms with Crippen molar-refractivity contribution >= 4 is 7.79 Å². The summed E-state index contributed by atoms with van der Waals surface area (Å²) in [7, 11) is 0.544. The highest BCUT2D eigenvalue weighted by Crippen LogP contribution is 2.81. The van der Waals surface area contributed by atoms with Crippen LogP contribution in [0.1, 0.15) is 28.8 Å². The molecule has 1 saturated heterocycles. The van der Waals surface area contributed by atoms with Crippen LogP contribution in [0.15, 0.2) is 115 Å².